The van der Waals surface area contributed by atoms with Crippen LogP contribution in [-0.4, -0.2) is 10.9 Å². The van der Waals surface area contributed by atoms with Crippen molar-refractivity contribution in [1.82, 2.24) is 4.98 Å². The van der Waals surface area contributed by atoms with Crippen molar-refractivity contribution in [3.8, 4) is 0 Å². The predicted octanol–water partition coefficient (Wildman–Crippen LogP) is 3.21. The molecule has 3 rings (SSSR count). The number of nitrogens with zero attached hydrogens (tertiary/aromatic N) is 1. The van der Waals surface area contributed by atoms with E-state index in [1.807, 2.05) is 18.2 Å². The van der Waals surface area contributed by atoms with Crippen LogP contribution in [0.2, 0.25) is 0 Å². The van der Waals surface area contributed by atoms with Crippen LogP contribution < -0.4 is 11.1 Å². The minimum Gasteiger partial charge on any atom is -0.396 e. The van der Waals surface area contributed by atoms with Crippen LogP contribution in [0.3, 0.4) is 0 Å². The highest BCUT2D eigenvalue weighted by atomic mass is 19.1. The predicted molar refractivity (Wildman–Crippen MR) is 80.5 cm³/mol. The van der Waals surface area contributed by atoms with E-state index in [1.54, 1.807) is 18.5 Å². The van der Waals surface area contributed by atoms with E-state index < -0.39 is 5.82 Å². The Morgan fingerprint density at radius 1 is 1.19 bits per heavy atom. The van der Waals surface area contributed by atoms with Crippen molar-refractivity contribution in [2.45, 2.75) is 0 Å². The average Bonchev–Trinajstić information content (AvgIpc) is 2.50. The SMILES string of the molecule is Nc1cc(C(=O)Nc2cccc3cnccc23)ccc1F. The number of halogens is 1. The fourth-order valence-corrected chi connectivity index (χ4v) is 2.11. The van der Waals surface area contributed by atoms with Gasteiger partial charge >= 0.3 is 0 Å². The normalized spacial score (nSPS) is 10.5. The Labute approximate surface area is 120 Å². The van der Waals surface area contributed by atoms with Crippen molar-refractivity contribution in [3.05, 3.63) is 66.2 Å². The fraction of sp³-hybridized carbons (Fsp3) is 0. The van der Waals surface area contributed by atoms with Crippen LogP contribution in [0.1, 0.15) is 10.4 Å². The van der Waals surface area contributed by atoms with Crippen LogP contribution in [0.5, 0.6) is 0 Å². The monoisotopic (exact) mass is 281 g/mol. The number of nitrogens with two attached hydrogens (primary N) is 1. The van der Waals surface area contributed by atoms with Crippen LogP contribution in [0.4, 0.5) is 15.8 Å². The van der Waals surface area contributed by atoms with Crippen molar-refractivity contribution in [2.24, 2.45) is 0 Å². The smallest absolute Gasteiger partial charge is 0.255 e. The zero-order valence-corrected chi connectivity index (χ0v) is 11.0. The molecule has 0 atom stereocenters. The third-order valence-corrected chi connectivity index (χ3v) is 3.19. The van der Waals surface area contributed by atoms with Gasteiger partial charge in [0.2, 0.25) is 0 Å². The van der Waals surface area contributed by atoms with E-state index >= 15 is 0 Å². The lowest BCUT2D eigenvalue weighted by molar-refractivity contribution is 0.102. The number of hydrogen-bond donors (Lipinski definition) is 2. The Hall–Kier alpha value is -2.95. The number of rotatable bonds is 2. The molecule has 1 aromatic heterocycles. The number of hydrogen-bond acceptors (Lipinski definition) is 3. The molecule has 0 saturated heterocycles. The molecule has 0 spiro atoms. The molecule has 0 unspecified atom stereocenters. The van der Waals surface area contributed by atoms with Crippen LogP contribution in [0.15, 0.2) is 54.9 Å². The number of amides is 1. The Balaban J connectivity index is 1.94. The molecule has 0 aliphatic rings. The number of pyridine rings is 1. The summed E-state index contributed by atoms with van der Waals surface area (Å²) in [7, 11) is 0. The second-order valence-electron chi connectivity index (χ2n) is 4.59. The van der Waals surface area contributed by atoms with E-state index in [4.69, 9.17) is 5.73 Å². The van der Waals surface area contributed by atoms with Gasteiger partial charge in [0.15, 0.2) is 0 Å². The van der Waals surface area contributed by atoms with Gasteiger partial charge in [0.05, 0.1) is 5.69 Å². The minimum absolute atomic E-state index is 0.0511. The molecular formula is C16H12FN3O. The topological polar surface area (TPSA) is 68.0 Å². The molecule has 3 aromatic rings. The summed E-state index contributed by atoms with van der Waals surface area (Å²) in [5.41, 5.74) is 6.40. The first-order valence-corrected chi connectivity index (χ1v) is 6.34. The van der Waals surface area contributed by atoms with E-state index in [9.17, 15) is 9.18 Å². The first-order chi connectivity index (χ1) is 10.1. The molecule has 0 saturated carbocycles. The number of carbonyl (C=O) groups is 1. The van der Waals surface area contributed by atoms with Crippen molar-refractivity contribution in [3.63, 3.8) is 0 Å². The third-order valence-electron chi connectivity index (χ3n) is 3.19. The van der Waals surface area contributed by atoms with Gasteiger partial charge in [-0.05, 0) is 30.3 Å². The zero-order valence-electron chi connectivity index (χ0n) is 11.0. The van der Waals surface area contributed by atoms with Crippen LogP contribution in [0.25, 0.3) is 10.8 Å². The molecule has 0 radical (unpaired) electrons. The second kappa shape index (κ2) is 5.20. The van der Waals surface area contributed by atoms with Gasteiger partial charge in [0.25, 0.3) is 5.91 Å². The largest absolute Gasteiger partial charge is 0.396 e. The Morgan fingerprint density at radius 3 is 2.86 bits per heavy atom. The van der Waals surface area contributed by atoms with Crippen LogP contribution in [0, 0.1) is 5.82 Å². The number of benzene rings is 2. The second-order valence-corrected chi connectivity index (χ2v) is 4.59. The van der Waals surface area contributed by atoms with Gasteiger partial charge in [0, 0.05) is 34.4 Å². The summed E-state index contributed by atoms with van der Waals surface area (Å²) in [6, 6.07) is 11.3. The number of aromatic nitrogens is 1. The fourth-order valence-electron chi connectivity index (χ4n) is 2.11. The molecule has 1 amide bonds. The molecule has 0 fully saturated rings. The maximum atomic E-state index is 13.1. The Bertz CT molecular complexity index is 827. The van der Waals surface area contributed by atoms with E-state index in [2.05, 4.69) is 10.3 Å². The van der Waals surface area contributed by atoms with Gasteiger partial charge in [-0.3, -0.25) is 9.78 Å². The lowest BCUT2D eigenvalue weighted by atomic mass is 10.1. The molecule has 21 heavy (non-hydrogen) atoms. The van der Waals surface area contributed by atoms with Crippen molar-refractivity contribution < 1.29 is 9.18 Å². The summed E-state index contributed by atoms with van der Waals surface area (Å²) < 4.78 is 13.1. The molecule has 0 aliphatic heterocycles. The van der Waals surface area contributed by atoms with Gasteiger partial charge in [-0.15, -0.1) is 0 Å². The van der Waals surface area contributed by atoms with Crippen molar-refractivity contribution in [1.29, 1.82) is 0 Å². The molecule has 0 bridgehead atoms. The molecule has 4 nitrogen and oxygen atoms in total. The maximum Gasteiger partial charge on any atom is 0.255 e. The van der Waals surface area contributed by atoms with E-state index in [0.29, 0.717) is 11.3 Å². The van der Waals surface area contributed by atoms with Crippen molar-refractivity contribution >= 4 is 28.1 Å². The molecule has 2 aromatic carbocycles. The van der Waals surface area contributed by atoms with Gasteiger partial charge in [0.1, 0.15) is 5.82 Å². The third kappa shape index (κ3) is 2.53. The highest BCUT2D eigenvalue weighted by molar-refractivity contribution is 6.09. The first-order valence-electron chi connectivity index (χ1n) is 6.34. The van der Waals surface area contributed by atoms with Crippen LogP contribution in [-0.2, 0) is 0 Å². The zero-order chi connectivity index (χ0) is 14.8. The quantitative estimate of drug-likeness (QED) is 0.709. The number of anilines is 2. The Kier molecular flexibility index (Phi) is 3.23. The molecule has 0 aliphatic carbocycles. The van der Waals surface area contributed by atoms with Crippen LogP contribution >= 0.6 is 0 Å². The summed E-state index contributed by atoms with van der Waals surface area (Å²) >= 11 is 0. The Morgan fingerprint density at radius 2 is 2.05 bits per heavy atom. The first kappa shape index (κ1) is 13.1. The molecule has 5 heteroatoms. The number of carbonyl (C=O) groups excluding carboxylic acids is 1. The molecule has 1 heterocycles. The molecular weight excluding hydrogens is 269 g/mol. The lowest BCUT2D eigenvalue weighted by Crippen LogP contribution is -2.12. The summed E-state index contributed by atoms with van der Waals surface area (Å²) in [5.74, 6) is -0.881. The highest BCUT2D eigenvalue weighted by Crippen LogP contribution is 2.23. The number of fused-ring (bicyclic) bond motifs is 1. The van der Waals surface area contributed by atoms with Gasteiger partial charge in [-0.25, -0.2) is 4.39 Å². The van der Waals surface area contributed by atoms with Gasteiger partial charge < -0.3 is 11.1 Å². The maximum absolute atomic E-state index is 13.1. The standard InChI is InChI=1S/C16H12FN3O/c17-13-5-4-10(8-14(13)18)16(21)20-15-3-1-2-11-9-19-7-6-12(11)15/h1-9H,18H2,(H,20,21). The van der Waals surface area contributed by atoms with Crippen molar-refractivity contribution in [2.75, 3.05) is 11.1 Å². The summed E-state index contributed by atoms with van der Waals surface area (Å²) in [5, 5.41) is 4.61. The highest BCUT2D eigenvalue weighted by Gasteiger charge is 2.10. The lowest BCUT2D eigenvalue weighted by Gasteiger charge is -2.09. The average molecular weight is 281 g/mol. The molecule has 104 valence electrons. The van der Waals surface area contributed by atoms with Gasteiger partial charge in [-0.2, -0.15) is 0 Å². The summed E-state index contributed by atoms with van der Waals surface area (Å²) in [6.07, 6.45) is 3.38. The van der Waals surface area contributed by atoms with E-state index in [1.165, 1.54) is 18.2 Å². The van der Waals surface area contributed by atoms with E-state index in [0.717, 1.165) is 10.8 Å². The number of nitrogens with one attached hydrogen (secondary N) is 1. The summed E-state index contributed by atoms with van der Waals surface area (Å²) in [4.78, 5) is 16.3. The van der Waals surface area contributed by atoms with E-state index in [-0.39, 0.29) is 11.6 Å². The summed E-state index contributed by atoms with van der Waals surface area (Å²) in [6.45, 7) is 0. The molecule has 3 N–H and O–H groups in total. The minimum atomic E-state index is -0.539. The van der Waals surface area contributed by atoms with Gasteiger partial charge in [-0.1, -0.05) is 12.1 Å². The number of nitrogen functional groups attached to an aromatic ring is 1.